The highest BCUT2D eigenvalue weighted by molar-refractivity contribution is 5.90. The van der Waals surface area contributed by atoms with Gasteiger partial charge in [0.2, 0.25) is 0 Å². The molecule has 0 spiro atoms. The Morgan fingerprint density at radius 2 is 2.12 bits per heavy atom. The van der Waals surface area contributed by atoms with Crippen molar-refractivity contribution in [3.63, 3.8) is 0 Å². The van der Waals surface area contributed by atoms with Crippen molar-refractivity contribution < 1.29 is 14.3 Å². The van der Waals surface area contributed by atoms with E-state index in [0.29, 0.717) is 16.8 Å². The summed E-state index contributed by atoms with van der Waals surface area (Å²) in [6.45, 7) is 1.72. The first-order valence-electron chi connectivity index (χ1n) is 5.04. The number of aromatic nitrogens is 1. The van der Waals surface area contributed by atoms with Gasteiger partial charge in [-0.15, -0.1) is 0 Å². The maximum atomic E-state index is 13.4. The molecule has 3 nitrogen and oxygen atoms in total. The number of pyridine rings is 1. The number of hydrogen-bond donors (Lipinski definition) is 1. The van der Waals surface area contributed by atoms with Gasteiger partial charge in [-0.3, -0.25) is 4.98 Å². The van der Waals surface area contributed by atoms with Crippen LogP contribution < -0.4 is 0 Å². The molecule has 1 heterocycles. The lowest BCUT2D eigenvalue weighted by Gasteiger charge is -2.07. The van der Waals surface area contributed by atoms with Crippen LogP contribution in [0.3, 0.4) is 0 Å². The largest absolute Gasteiger partial charge is 0.478 e. The molecule has 0 amide bonds. The van der Waals surface area contributed by atoms with Crippen LogP contribution in [0, 0.1) is 12.7 Å². The number of rotatable bonds is 2. The lowest BCUT2D eigenvalue weighted by Crippen LogP contribution is -2.02. The van der Waals surface area contributed by atoms with Crippen LogP contribution in [-0.2, 0) is 0 Å². The molecular formula is C13H10FNO2. The first-order chi connectivity index (χ1) is 8.09. The summed E-state index contributed by atoms with van der Waals surface area (Å²) in [6.07, 6.45) is 1.61. The van der Waals surface area contributed by atoms with Gasteiger partial charge >= 0.3 is 5.97 Å². The average molecular weight is 231 g/mol. The molecule has 0 aliphatic carbocycles. The molecule has 0 saturated carbocycles. The summed E-state index contributed by atoms with van der Waals surface area (Å²) in [5.41, 5.74) is 1.58. The predicted molar refractivity (Wildman–Crippen MR) is 61.3 cm³/mol. The molecule has 0 aliphatic heterocycles. The van der Waals surface area contributed by atoms with Crippen molar-refractivity contribution in [3.8, 4) is 11.3 Å². The van der Waals surface area contributed by atoms with E-state index in [0.717, 1.165) is 0 Å². The number of halogens is 1. The van der Waals surface area contributed by atoms with E-state index in [1.54, 1.807) is 31.3 Å². The van der Waals surface area contributed by atoms with Crippen LogP contribution in [0.2, 0.25) is 0 Å². The van der Waals surface area contributed by atoms with E-state index in [1.165, 1.54) is 12.1 Å². The number of carboxylic acid groups (broad SMARTS) is 1. The van der Waals surface area contributed by atoms with Gasteiger partial charge in [-0.05, 0) is 36.8 Å². The molecule has 17 heavy (non-hydrogen) atoms. The maximum Gasteiger partial charge on any atom is 0.338 e. The second-order valence-corrected chi connectivity index (χ2v) is 3.67. The van der Waals surface area contributed by atoms with E-state index >= 15 is 0 Å². The van der Waals surface area contributed by atoms with Gasteiger partial charge in [0.15, 0.2) is 0 Å². The molecule has 0 bridgehead atoms. The predicted octanol–water partition coefficient (Wildman–Crippen LogP) is 2.89. The molecule has 1 aromatic carbocycles. The van der Waals surface area contributed by atoms with Crippen LogP contribution in [0.25, 0.3) is 11.3 Å². The number of carbonyl (C=O) groups is 1. The summed E-state index contributed by atoms with van der Waals surface area (Å²) >= 11 is 0. The fourth-order valence-electron chi connectivity index (χ4n) is 1.63. The fourth-order valence-corrected chi connectivity index (χ4v) is 1.63. The Labute approximate surface area is 97.6 Å². The first-order valence-corrected chi connectivity index (χ1v) is 5.04. The second-order valence-electron chi connectivity index (χ2n) is 3.67. The van der Waals surface area contributed by atoms with Crippen LogP contribution in [0.4, 0.5) is 4.39 Å². The molecule has 2 aromatic rings. The molecule has 0 saturated heterocycles. The Morgan fingerprint density at radius 1 is 1.35 bits per heavy atom. The smallest absolute Gasteiger partial charge is 0.338 e. The average Bonchev–Trinajstić information content (AvgIpc) is 2.29. The highest BCUT2D eigenvalue weighted by atomic mass is 19.1. The quantitative estimate of drug-likeness (QED) is 0.864. The van der Waals surface area contributed by atoms with Crippen LogP contribution in [0.15, 0.2) is 36.5 Å². The topological polar surface area (TPSA) is 50.2 Å². The maximum absolute atomic E-state index is 13.4. The SMILES string of the molecule is Cc1cc(F)c(C(=O)O)cc1-c1ccccn1. The van der Waals surface area contributed by atoms with E-state index in [-0.39, 0.29) is 5.56 Å². The van der Waals surface area contributed by atoms with Gasteiger partial charge in [-0.2, -0.15) is 0 Å². The number of aromatic carboxylic acids is 1. The molecule has 1 N–H and O–H groups in total. The van der Waals surface area contributed by atoms with Crippen molar-refractivity contribution in [2.24, 2.45) is 0 Å². The summed E-state index contributed by atoms with van der Waals surface area (Å²) in [5.74, 6) is -2.01. The van der Waals surface area contributed by atoms with Crippen molar-refractivity contribution >= 4 is 5.97 Å². The molecule has 0 radical (unpaired) electrons. The van der Waals surface area contributed by atoms with Gasteiger partial charge in [0, 0.05) is 11.8 Å². The Kier molecular flexibility index (Phi) is 2.87. The molecule has 2 rings (SSSR count). The van der Waals surface area contributed by atoms with Gasteiger partial charge in [-0.25, -0.2) is 9.18 Å². The third-order valence-corrected chi connectivity index (χ3v) is 2.49. The van der Waals surface area contributed by atoms with Crippen LogP contribution in [0.1, 0.15) is 15.9 Å². The molecule has 0 aliphatic rings. The zero-order valence-electron chi connectivity index (χ0n) is 9.14. The Bertz CT molecular complexity index is 567. The molecule has 0 fully saturated rings. The first kappa shape index (κ1) is 11.3. The minimum Gasteiger partial charge on any atom is -0.478 e. The van der Waals surface area contributed by atoms with Crippen LogP contribution >= 0.6 is 0 Å². The van der Waals surface area contributed by atoms with Gasteiger partial charge in [0.05, 0.1) is 11.3 Å². The second kappa shape index (κ2) is 4.33. The number of benzene rings is 1. The van der Waals surface area contributed by atoms with Gasteiger partial charge in [0.25, 0.3) is 0 Å². The minimum atomic E-state index is -1.28. The zero-order valence-corrected chi connectivity index (χ0v) is 9.14. The number of aryl methyl sites for hydroxylation is 1. The van der Waals surface area contributed by atoms with Gasteiger partial charge in [0.1, 0.15) is 5.82 Å². The third-order valence-electron chi connectivity index (χ3n) is 2.49. The van der Waals surface area contributed by atoms with E-state index < -0.39 is 11.8 Å². The van der Waals surface area contributed by atoms with E-state index in [2.05, 4.69) is 4.98 Å². The summed E-state index contributed by atoms with van der Waals surface area (Å²) in [6, 6.07) is 7.85. The summed E-state index contributed by atoms with van der Waals surface area (Å²) in [4.78, 5) is 15.0. The lowest BCUT2D eigenvalue weighted by atomic mass is 10.0. The molecule has 1 aromatic heterocycles. The number of hydrogen-bond acceptors (Lipinski definition) is 2. The minimum absolute atomic E-state index is 0.337. The summed E-state index contributed by atoms with van der Waals surface area (Å²) in [7, 11) is 0. The van der Waals surface area contributed by atoms with E-state index in [9.17, 15) is 9.18 Å². The van der Waals surface area contributed by atoms with Gasteiger partial charge < -0.3 is 5.11 Å². The molecular weight excluding hydrogens is 221 g/mol. The standard InChI is InChI=1S/C13H10FNO2/c1-8-6-11(14)10(13(16)17)7-9(8)12-4-2-3-5-15-12/h2-7H,1H3,(H,16,17). The van der Waals surface area contributed by atoms with E-state index in [1.807, 2.05) is 0 Å². The van der Waals surface area contributed by atoms with Crippen molar-refractivity contribution in [1.82, 2.24) is 4.98 Å². The summed E-state index contributed by atoms with van der Waals surface area (Å²) in [5, 5.41) is 8.87. The van der Waals surface area contributed by atoms with Gasteiger partial charge in [-0.1, -0.05) is 6.07 Å². The highest BCUT2D eigenvalue weighted by Gasteiger charge is 2.14. The molecule has 86 valence electrons. The number of carboxylic acids is 1. The Morgan fingerprint density at radius 3 is 2.71 bits per heavy atom. The lowest BCUT2D eigenvalue weighted by molar-refractivity contribution is 0.0692. The van der Waals surface area contributed by atoms with Crippen LogP contribution in [-0.4, -0.2) is 16.1 Å². The van der Waals surface area contributed by atoms with E-state index in [4.69, 9.17) is 5.11 Å². The molecule has 4 heteroatoms. The summed E-state index contributed by atoms with van der Waals surface area (Å²) < 4.78 is 13.4. The molecule has 0 unspecified atom stereocenters. The van der Waals surface area contributed by atoms with Crippen molar-refractivity contribution in [1.29, 1.82) is 0 Å². The van der Waals surface area contributed by atoms with Crippen LogP contribution in [0.5, 0.6) is 0 Å². The Balaban J connectivity index is 2.63. The fraction of sp³-hybridized carbons (Fsp3) is 0.0769. The highest BCUT2D eigenvalue weighted by Crippen LogP contribution is 2.24. The van der Waals surface area contributed by atoms with Crippen molar-refractivity contribution in [2.75, 3.05) is 0 Å². The number of nitrogens with zero attached hydrogens (tertiary/aromatic N) is 1. The van der Waals surface area contributed by atoms with Crippen molar-refractivity contribution in [2.45, 2.75) is 6.92 Å². The third kappa shape index (κ3) is 2.15. The van der Waals surface area contributed by atoms with Crippen molar-refractivity contribution in [3.05, 3.63) is 53.5 Å². The normalized spacial score (nSPS) is 10.2. The molecule has 0 atom stereocenters. The Hall–Kier alpha value is -2.23. The zero-order chi connectivity index (χ0) is 12.4. The monoisotopic (exact) mass is 231 g/mol.